The third-order valence-electron chi connectivity index (χ3n) is 2.53. The summed E-state index contributed by atoms with van der Waals surface area (Å²) in [5, 5.41) is 31.8. The van der Waals surface area contributed by atoms with E-state index in [1.165, 1.54) is 40.5 Å². The highest BCUT2D eigenvalue weighted by atomic mass is 16.6. The fraction of sp³-hybridized carbons (Fsp3) is 0. The molecule has 10 nitrogen and oxygen atoms in total. The Morgan fingerprint density at radius 1 is 1.42 bits per heavy atom. The molecular weight excluding hydrogens is 254 g/mol. The van der Waals surface area contributed by atoms with E-state index >= 15 is 0 Å². The number of fused-ring (bicyclic) bond motifs is 1. The molecular formula is C9H7N7O3. The van der Waals surface area contributed by atoms with E-state index in [0.29, 0.717) is 10.1 Å². The summed E-state index contributed by atoms with van der Waals surface area (Å²) in [6, 6.07) is 4.02. The van der Waals surface area contributed by atoms with Crippen LogP contribution in [0.4, 0.5) is 5.69 Å². The van der Waals surface area contributed by atoms with Gasteiger partial charge in [0.15, 0.2) is 0 Å². The van der Waals surface area contributed by atoms with Crippen molar-refractivity contribution in [3.63, 3.8) is 0 Å². The fourth-order valence-electron chi connectivity index (χ4n) is 1.66. The minimum Gasteiger partial charge on any atom is -0.594 e. The summed E-state index contributed by atoms with van der Waals surface area (Å²) in [5.41, 5.74) is 2.29. The number of nitro groups is 1. The summed E-state index contributed by atoms with van der Waals surface area (Å²) in [6.45, 7) is 0. The Bertz CT molecular complexity index is 755. The van der Waals surface area contributed by atoms with E-state index in [9.17, 15) is 15.3 Å². The highest BCUT2D eigenvalue weighted by molar-refractivity contribution is 5.38. The normalized spacial score (nSPS) is 13.5. The lowest BCUT2D eigenvalue weighted by Gasteiger charge is -2.20. The lowest BCUT2D eigenvalue weighted by molar-refractivity contribution is -0.385. The molecule has 0 spiro atoms. The molecule has 1 aliphatic heterocycles. The second kappa shape index (κ2) is 3.94. The van der Waals surface area contributed by atoms with Crippen LogP contribution in [0.25, 0.3) is 6.20 Å². The average Bonchev–Trinajstić information content (AvgIpc) is 2.92. The zero-order valence-corrected chi connectivity index (χ0v) is 9.37. The number of nitrogens with one attached hydrogen (secondary N) is 1. The first-order valence-electron chi connectivity index (χ1n) is 5.18. The predicted molar refractivity (Wildman–Crippen MR) is 62.8 cm³/mol. The van der Waals surface area contributed by atoms with Crippen LogP contribution < -0.4 is 26.1 Å². The number of aromatic nitrogens is 3. The Kier molecular flexibility index (Phi) is 2.27. The van der Waals surface area contributed by atoms with Gasteiger partial charge in [0, 0.05) is 6.07 Å². The van der Waals surface area contributed by atoms with Crippen LogP contribution >= 0.6 is 0 Å². The summed E-state index contributed by atoms with van der Waals surface area (Å²) in [6.07, 6.45) is 4.56. The summed E-state index contributed by atoms with van der Waals surface area (Å²) in [5.74, 6) is 0. The molecule has 1 aromatic carbocycles. The van der Waals surface area contributed by atoms with Crippen molar-refractivity contribution in [2.75, 3.05) is 5.12 Å². The van der Waals surface area contributed by atoms with Crippen molar-refractivity contribution in [1.29, 1.82) is 0 Å². The highest BCUT2D eigenvalue weighted by Crippen LogP contribution is 2.03. The van der Waals surface area contributed by atoms with Crippen molar-refractivity contribution in [2.45, 2.75) is 0 Å². The van der Waals surface area contributed by atoms with Crippen LogP contribution in [0, 0.1) is 15.3 Å². The molecule has 0 atom stereocenters. The number of hydrazine groups is 2. The van der Waals surface area contributed by atoms with Crippen molar-refractivity contribution < 1.29 is 4.92 Å². The Balaban J connectivity index is 2.14. The minimum atomic E-state index is -0.558. The summed E-state index contributed by atoms with van der Waals surface area (Å²) < 4.78 is 0. The largest absolute Gasteiger partial charge is 0.594 e. The lowest BCUT2D eigenvalue weighted by Crippen LogP contribution is -2.59. The maximum atomic E-state index is 11.8. The van der Waals surface area contributed by atoms with E-state index in [0.717, 1.165) is 0 Å². The van der Waals surface area contributed by atoms with Gasteiger partial charge in [0.05, 0.1) is 34.8 Å². The molecule has 1 aliphatic rings. The van der Waals surface area contributed by atoms with E-state index in [1.54, 1.807) is 6.20 Å². The molecule has 0 fully saturated rings. The Morgan fingerprint density at radius 3 is 2.95 bits per heavy atom. The molecule has 2 aromatic rings. The Hall–Kier alpha value is -3.17. The number of non-ortho nitro benzene ring substituents is 1. The molecule has 3 rings (SSSR count). The molecule has 19 heavy (non-hydrogen) atoms. The molecule has 0 aliphatic carbocycles. The van der Waals surface area contributed by atoms with Crippen LogP contribution in [-0.4, -0.2) is 20.0 Å². The molecule has 10 heteroatoms. The van der Waals surface area contributed by atoms with Gasteiger partial charge in [-0.25, -0.2) is 0 Å². The topological polar surface area (TPSA) is 115 Å². The van der Waals surface area contributed by atoms with Crippen molar-refractivity contribution >= 4 is 11.9 Å². The number of hydrogen-bond acceptors (Lipinski definition) is 7. The Morgan fingerprint density at radius 2 is 2.26 bits per heavy atom. The maximum Gasteiger partial charge on any atom is 0.276 e. The third kappa shape index (κ3) is 1.80. The van der Waals surface area contributed by atoms with Gasteiger partial charge in [0.2, 0.25) is 0 Å². The minimum absolute atomic E-state index is 0.149. The SMILES string of the molecule is O=[N+]([O-])c1ccc2c(c1)=[N+]([O-])NN(n1ccnn1)C=2. The van der Waals surface area contributed by atoms with Crippen LogP contribution in [-0.2, 0) is 0 Å². The van der Waals surface area contributed by atoms with Gasteiger partial charge in [0.25, 0.3) is 11.0 Å². The summed E-state index contributed by atoms with van der Waals surface area (Å²) >= 11 is 0. The van der Waals surface area contributed by atoms with Crippen molar-refractivity contribution in [3.05, 3.63) is 56.5 Å². The van der Waals surface area contributed by atoms with E-state index in [-0.39, 0.29) is 11.0 Å². The molecule has 0 saturated heterocycles. The standard InChI is InChI=1S/C9H7N7O3/c17-15-9-5-8(16(18)19)2-1-7(9)6-14(12-15)13-4-3-10-11-13/h1-6,12H. The van der Waals surface area contributed by atoms with Gasteiger partial charge in [-0.15, -0.1) is 15.0 Å². The van der Waals surface area contributed by atoms with Gasteiger partial charge >= 0.3 is 0 Å². The van der Waals surface area contributed by atoms with Crippen LogP contribution in [0.15, 0.2) is 30.6 Å². The van der Waals surface area contributed by atoms with Gasteiger partial charge in [-0.1, -0.05) is 10.4 Å². The summed E-state index contributed by atoms with van der Waals surface area (Å²) in [4.78, 5) is 11.8. The van der Waals surface area contributed by atoms with E-state index in [1.807, 2.05) is 0 Å². The zero-order chi connectivity index (χ0) is 13.4. The fourth-order valence-corrected chi connectivity index (χ4v) is 1.66. The number of nitrogens with zero attached hydrogens (tertiary/aromatic N) is 6. The predicted octanol–water partition coefficient (Wildman–Crippen LogP) is -2.02. The molecule has 1 aromatic heterocycles. The first-order valence-corrected chi connectivity index (χ1v) is 5.18. The molecule has 96 valence electrons. The maximum absolute atomic E-state index is 11.8. The first kappa shape index (κ1) is 11.0. The second-order valence-electron chi connectivity index (χ2n) is 3.69. The van der Waals surface area contributed by atoms with Gasteiger partial charge in [-0.3, -0.25) is 10.1 Å². The lowest BCUT2D eigenvalue weighted by atomic mass is 10.2. The quantitative estimate of drug-likeness (QED) is 0.287. The molecule has 0 saturated carbocycles. The summed E-state index contributed by atoms with van der Waals surface area (Å²) in [7, 11) is 0. The third-order valence-corrected chi connectivity index (χ3v) is 2.53. The molecule has 0 bridgehead atoms. The first-order chi connectivity index (χ1) is 9.15. The monoisotopic (exact) mass is 261 g/mol. The van der Waals surface area contributed by atoms with Gasteiger partial charge in [-0.05, 0) is 11.3 Å². The second-order valence-corrected chi connectivity index (χ2v) is 3.69. The smallest absolute Gasteiger partial charge is 0.276 e. The van der Waals surface area contributed by atoms with E-state index < -0.39 is 4.92 Å². The number of hydrogen-bond donors (Lipinski definition) is 1. The van der Waals surface area contributed by atoms with Crippen LogP contribution in [0.1, 0.15) is 0 Å². The molecule has 0 unspecified atom stereocenters. The van der Waals surface area contributed by atoms with Gasteiger partial charge in [0.1, 0.15) is 0 Å². The number of nitro benzene ring substituents is 1. The van der Waals surface area contributed by atoms with Gasteiger partial charge < -0.3 is 5.21 Å². The Labute approximate surface area is 105 Å². The van der Waals surface area contributed by atoms with Crippen molar-refractivity contribution in [3.8, 4) is 0 Å². The van der Waals surface area contributed by atoms with E-state index in [2.05, 4.69) is 15.8 Å². The van der Waals surface area contributed by atoms with Crippen LogP contribution in [0.5, 0.6) is 0 Å². The highest BCUT2D eigenvalue weighted by Gasteiger charge is 2.16. The molecule has 0 amide bonds. The van der Waals surface area contributed by atoms with Crippen LogP contribution in [0.3, 0.4) is 0 Å². The zero-order valence-electron chi connectivity index (χ0n) is 9.37. The van der Waals surface area contributed by atoms with Crippen molar-refractivity contribution in [2.24, 2.45) is 0 Å². The van der Waals surface area contributed by atoms with Gasteiger partial charge in [-0.2, -0.15) is 0 Å². The number of rotatable bonds is 2. The molecule has 2 heterocycles. The van der Waals surface area contributed by atoms with E-state index in [4.69, 9.17) is 0 Å². The van der Waals surface area contributed by atoms with Crippen molar-refractivity contribution in [1.82, 2.24) is 25.5 Å². The number of benzene rings is 1. The molecule has 0 radical (unpaired) electrons. The van der Waals surface area contributed by atoms with Crippen LogP contribution in [0.2, 0.25) is 0 Å². The molecule has 1 N–H and O–H groups in total. The average molecular weight is 261 g/mol.